The zero-order valence-electron chi connectivity index (χ0n) is 10.1. The molecule has 1 aliphatic rings. The Kier molecular flexibility index (Phi) is 2.91. The summed E-state index contributed by atoms with van der Waals surface area (Å²) in [4.78, 5) is 14.4. The highest BCUT2D eigenvalue weighted by Gasteiger charge is 2.36. The largest absolute Gasteiger partial charge is 0.392 e. The first-order valence-corrected chi connectivity index (χ1v) is 6.00. The maximum absolute atomic E-state index is 12.3. The molecule has 0 saturated heterocycles. The average Bonchev–Trinajstić information content (AvgIpc) is 2.70. The fourth-order valence-electron chi connectivity index (χ4n) is 1.98. The summed E-state index contributed by atoms with van der Waals surface area (Å²) in [5.41, 5.74) is 7.28. The van der Waals surface area contributed by atoms with Gasteiger partial charge in [0.05, 0.1) is 10.4 Å². The Balaban J connectivity index is 2.19. The van der Waals surface area contributed by atoms with Crippen LogP contribution in [0.5, 0.6) is 0 Å². The molecule has 0 unspecified atom stereocenters. The molecule has 1 amide bonds. The molecule has 1 heterocycles. The van der Waals surface area contributed by atoms with Gasteiger partial charge in [-0.25, -0.2) is 0 Å². The second-order valence-electron chi connectivity index (χ2n) is 4.92. The highest BCUT2D eigenvalue weighted by molar-refractivity contribution is 7.80. The summed E-state index contributed by atoms with van der Waals surface area (Å²) in [7, 11) is 0. The van der Waals surface area contributed by atoms with Gasteiger partial charge in [0.1, 0.15) is 0 Å². The summed E-state index contributed by atoms with van der Waals surface area (Å²) in [5.74, 6) is 0.00111. The number of nitrogens with zero attached hydrogens (tertiary/aromatic N) is 1. The van der Waals surface area contributed by atoms with Gasteiger partial charge in [0.25, 0.3) is 0 Å². The second kappa shape index (κ2) is 4.11. The third kappa shape index (κ3) is 2.05. The molecule has 0 aliphatic carbocycles. The minimum absolute atomic E-state index is 0.00111. The standard InChI is InChI=1S/C13H16N2OS/c1-13(2,11(14)17)12(16)15-7-9-5-3-4-6-10(9)8-15/h3-6H,7-8H2,1-2H3,(H2,14,17). The molecule has 1 aromatic carbocycles. The van der Waals surface area contributed by atoms with Crippen LogP contribution in [0.25, 0.3) is 0 Å². The molecule has 0 saturated carbocycles. The number of benzene rings is 1. The summed E-state index contributed by atoms with van der Waals surface area (Å²) < 4.78 is 0. The predicted octanol–water partition coefficient (Wildman–Crippen LogP) is 1.84. The number of fused-ring (bicyclic) bond motifs is 1. The SMILES string of the molecule is CC(C)(C(=O)N1Cc2ccccc2C1)C(N)=S. The van der Waals surface area contributed by atoms with Crippen molar-refractivity contribution in [3.8, 4) is 0 Å². The number of carbonyl (C=O) groups excluding carboxylic acids is 1. The summed E-state index contributed by atoms with van der Waals surface area (Å²) in [5, 5.41) is 0. The van der Waals surface area contributed by atoms with E-state index in [0.717, 1.165) is 0 Å². The molecule has 1 aromatic rings. The van der Waals surface area contributed by atoms with Gasteiger partial charge in [-0.3, -0.25) is 4.79 Å². The van der Waals surface area contributed by atoms with Crippen LogP contribution in [0.15, 0.2) is 24.3 Å². The fourth-order valence-corrected chi connectivity index (χ4v) is 2.06. The molecule has 17 heavy (non-hydrogen) atoms. The predicted molar refractivity (Wildman–Crippen MR) is 71.3 cm³/mol. The lowest BCUT2D eigenvalue weighted by Gasteiger charge is -2.27. The number of thiocarbonyl (C=S) groups is 1. The summed E-state index contributed by atoms with van der Waals surface area (Å²) in [6.07, 6.45) is 0. The van der Waals surface area contributed by atoms with Crippen molar-refractivity contribution in [3.63, 3.8) is 0 Å². The molecule has 0 fully saturated rings. The number of rotatable bonds is 2. The number of carbonyl (C=O) groups is 1. The van der Waals surface area contributed by atoms with Crippen molar-refractivity contribution in [2.75, 3.05) is 0 Å². The molecule has 0 bridgehead atoms. The Morgan fingerprint density at radius 3 is 2.18 bits per heavy atom. The van der Waals surface area contributed by atoms with Crippen molar-refractivity contribution in [1.82, 2.24) is 4.90 Å². The quantitative estimate of drug-likeness (QED) is 0.812. The van der Waals surface area contributed by atoms with Gasteiger partial charge < -0.3 is 10.6 Å². The summed E-state index contributed by atoms with van der Waals surface area (Å²) in [6.45, 7) is 4.86. The first-order chi connectivity index (χ1) is 7.93. The maximum atomic E-state index is 12.3. The Hall–Kier alpha value is -1.42. The van der Waals surface area contributed by atoms with Gasteiger partial charge in [0, 0.05) is 13.1 Å². The zero-order chi connectivity index (χ0) is 12.6. The molecule has 90 valence electrons. The normalized spacial score (nSPS) is 14.6. The lowest BCUT2D eigenvalue weighted by molar-refractivity contribution is -0.137. The minimum Gasteiger partial charge on any atom is -0.392 e. The third-order valence-electron chi connectivity index (χ3n) is 3.28. The van der Waals surface area contributed by atoms with E-state index in [1.807, 2.05) is 17.0 Å². The molecule has 2 rings (SSSR count). The summed E-state index contributed by atoms with van der Waals surface area (Å²) in [6, 6.07) is 8.09. The first-order valence-electron chi connectivity index (χ1n) is 5.59. The maximum Gasteiger partial charge on any atom is 0.235 e. The molecule has 2 N–H and O–H groups in total. The van der Waals surface area contributed by atoms with E-state index >= 15 is 0 Å². The second-order valence-corrected chi connectivity index (χ2v) is 5.36. The van der Waals surface area contributed by atoms with Crippen LogP contribution in [0, 0.1) is 5.41 Å². The van der Waals surface area contributed by atoms with E-state index in [1.54, 1.807) is 13.8 Å². The molecular weight excluding hydrogens is 232 g/mol. The molecule has 0 radical (unpaired) electrons. The highest BCUT2D eigenvalue weighted by atomic mass is 32.1. The van der Waals surface area contributed by atoms with Gasteiger partial charge in [-0.2, -0.15) is 0 Å². The lowest BCUT2D eigenvalue weighted by atomic mass is 9.92. The van der Waals surface area contributed by atoms with Crippen molar-refractivity contribution in [2.45, 2.75) is 26.9 Å². The van der Waals surface area contributed by atoms with Crippen LogP contribution < -0.4 is 5.73 Å². The van der Waals surface area contributed by atoms with Crippen molar-refractivity contribution in [2.24, 2.45) is 11.1 Å². The van der Waals surface area contributed by atoms with Gasteiger partial charge >= 0.3 is 0 Å². The van der Waals surface area contributed by atoms with Gasteiger partial charge in [0.2, 0.25) is 5.91 Å². The van der Waals surface area contributed by atoms with Crippen LogP contribution >= 0.6 is 12.2 Å². The molecule has 0 aromatic heterocycles. The van der Waals surface area contributed by atoms with Crippen molar-refractivity contribution < 1.29 is 4.79 Å². The Labute approximate surface area is 107 Å². The van der Waals surface area contributed by atoms with Crippen molar-refractivity contribution in [3.05, 3.63) is 35.4 Å². The molecule has 3 nitrogen and oxygen atoms in total. The van der Waals surface area contributed by atoms with Crippen LogP contribution in [-0.4, -0.2) is 15.8 Å². The Morgan fingerprint density at radius 2 is 1.76 bits per heavy atom. The number of nitrogens with two attached hydrogens (primary N) is 1. The van der Waals surface area contributed by atoms with E-state index in [1.165, 1.54) is 11.1 Å². The Bertz CT molecular complexity index is 457. The topological polar surface area (TPSA) is 46.3 Å². The van der Waals surface area contributed by atoms with Gasteiger partial charge in [0.15, 0.2) is 0 Å². The van der Waals surface area contributed by atoms with Crippen LogP contribution in [0.1, 0.15) is 25.0 Å². The molecular formula is C13H16N2OS. The zero-order valence-corrected chi connectivity index (χ0v) is 10.9. The lowest BCUT2D eigenvalue weighted by Crippen LogP contribution is -2.45. The van der Waals surface area contributed by atoms with E-state index in [2.05, 4.69) is 12.1 Å². The molecule has 4 heteroatoms. The van der Waals surface area contributed by atoms with Crippen LogP contribution in [-0.2, 0) is 17.9 Å². The first kappa shape index (κ1) is 12.0. The van der Waals surface area contributed by atoms with E-state index in [9.17, 15) is 4.79 Å². The van der Waals surface area contributed by atoms with E-state index < -0.39 is 5.41 Å². The summed E-state index contributed by atoms with van der Waals surface area (Å²) >= 11 is 4.96. The fraction of sp³-hybridized carbons (Fsp3) is 0.385. The van der Waals surface area contributed by atoms with Crippen LogP contribution in [0.4, 0.5) is 0 Å². The Morgan fingerprint density at radius 1 is 1.29 bits per heavy atom. The number of hydrogen-bond donors (Lipinski definition) is 1. The molecule has 1 aliphatic heterocycles. The van der Waals surface area contributed by atoms with E-state index in [4.69, 9.17) is 18.0 Å². The van der Waals surface area contributed by atoms with Crippen LogP contribution in [0.3, 0.4) is 0 Å². The number of amides is 1. The van der Waals surface area contributed by atoms with Crippen LogP contribution in [0.2, 0.25) is 0 Å². The third-order valence-corrected chi connectivity index (χ3v) is 3.79. The minimum atomic E-state index is -0.766. The smallest absolute Gasteiger partial charge is 0.235 e. The van der Waals surface area contributed by atoms with Crippen molar-refractivity contribution in [1.29, 1.82) is 0 Å². The van der Waals surface area contributed by atoms with E-state index in [0.29, 0.717) is 13.1 Å². The highest BCUT2D eigenvalue weighted by Crippen LogP contribution is 2.28. The van der Waals surface area contributed by atoms with Gasteiger partial charge in [-0.05, 0) is 25.0 Å². The molecule has 0 atom stereocenters. The average molecular weight is 248 g/mol. The van der Waals surface area contributed by atoms with Gasteiger partial charge in [-0.1, -0.05) is 36.5 Å². The van der Waals surface area contributed by atoms with E-state index in [-0.39, 0.29) is 10.9 Å². The van der Waals surface area contributed by atoms with Gasteiger partial charge in [-0.15, -0.1) is 0 Å². The monoisotopic (exact) mass is 248 g/mol. The molecule has 0 spiro atoms. The number of hydrogen-bond acceptors (Lipinski definition) is 2. The van der Waals surface area contributed by atoms with Crippen molar-refractivity contribution >= 4 is 23.1 Å².